The average Bonchev–Trinajstić information content (AvgIpc) is 3.49. The third-order valence-electron chi connectivity index (χ3n) is 5.64. The van der Waals surface area contributed by atoms with E-state index >= 15 is 0 Å². The van der Waals surface area contributed by atoms with Crippen molar-refractivity contribution in [2.45, 2.75) is 25.3 Å². The van der Waals surface area contributed by atoms with E-state index in [1.54, 1.807) is 4.90 Å². The zero-order valence-corrected chi connectivity index (χ0v) is 20.0. The number of amides is 4. The van der Waals surface area contributed by atoms with Gasteiger partial charge in [-0.2, -0.15) is 0 Å². The van der Waals surface area contributed by atoms with Gasteiger partial charge in [-0.1, -0.05) is 46.4 Å². The standard InChI is InChI=1S/C19H17Cl4N3O4S/c20-13-11-12(14(21)16(23)15(13)22)19(30)25(18(11)29)6-3-10(27)26-8-31-7-9(26)17(28)24-4-1-2-5-24/h9H,1-8H2/t9-/m0/s1. The number of imide groups is 1. The van der Waals surface area contributed by atoms with Gasteiger partial charge in [-0.3, -0.25) is 24.1 Å². The second-order valence-corrected chi connectivity index (χ2v) is 9.94. The molecule has 3 aliphatic rings. The van der Waals surface area contributed by atoms with Crippen LogP contribution in [0.3, 0.4) is 0 Å². The van der Waals surface area contributed by atoms with Gasteiger partial charge in [0.2, 0.25) is 11.8 Å². The lowest BCUT2D eigenvalue weighted by Gasteiger charge is -2.27. The van der Waals surface area contributed by atoms with Gasteiger partial charge in [0.15, 0.2) is 0 Å². The van der Waals surface area contributed by atoms with Crippen molar-refractivity contribution in [3.05, 3.63) is 31.2 Å². The topological polar surface area (TPSA) is 78.0 Å². The van der Waals surface area contributed by atoms with Gasteiger partial charge >= 0.3 is 0 Å². The van der Waals surface area contributed by atoms with Crippen molar-refractivity contribution in [1.82, 2.24) is 14.7 Å². The normalized spacial score (nSPS) is 20.8. The Morgan fingerprint density at radius 1 is 0.903 bits per heavy atom. The highest BCUT2D eigenvalue weighted by molar-refractivity contribution is 7.99. The highest BCUT2D eigenvalue weighted by Gasteiger charge is 2.42. The Balaban J connectivity index is 1.47. The van der Waals surface area contributed by atoms with Crippen LogP contribution in [0.5, 0.6) is 0 Å². The summed E-state index contributed by atoms with van der Waals surface area (Å²) in [6.07, 6.45) is 1.82. The molecule has 31 heavy (non-hydrogen) atoms. The van der Waals surface area contributed by atoms with Crippen LogP contribution in [-0.2, 0) is 9.59 Å². The Kier molecular flexibility index (Phi) is 6.66. The number of rotatable bonds is 4. The molecule has 0 N–H and O–H groups in total. The largest absolute Gasteiger partial charge is 0.341 e. The minimum absolute atomic E-state index is 0.0422. The van der Waals surface area contributed by atoms with Crippen LogP contribution in [0.4, 0.5) is 0 Å². The molecular weight excluding hydrogens is 508 g/mol. The summed E-state index contributed by atoms with van der Waals surface area (Å²) in [7, 11) is 0. The lowest BCUT2D eigenvalue weighted by Crippen LogP contribution is -2.48. The predicted octanol–water partition coefficient (Wildman–Crippen LogP) is 3.81. The summed E-state index contributed by atoms with van der Waals surface area (Å²) in [6, 6.07) is -0.515. The number of carbonyl (C=O) groups is 4. The summed E-state index contributed by atoms with van der Waals surface area (Å²) in [5.41, 5.74) is -0.227. The SMILES string of the molecule is O=C([C@@H]1CSCN1C(=O)CCN1C(=O)c2c(Cl)c(Cl)c(Cl)c(Cl)c2C1=O)N1CCCC1. The quantitative estimate of drug-likeness (QED) is 0.340. The summed E-state index contributed by atoms with van der Waals surface area (Å²) in [5, 5.41) is -0.511. The van der Waals surface area contributed by atoms with Gasteiger partial charge in [-0.15, -0.1) is 11.8 Å². The maximum atomic E-state index is 12.9. The first-order chi connectivity index (χ1) is 14.7. The highest BCUT2D eigenvalue weighted by atomic mass is 35.5. The Morgan fingerprint density at radius 3 is 2.00 bits per heavy atom. The molecule has 4 amide bonds. The van der Waals surface area contributed by atoms with Crippen LogP contribution in [-0.4, -0.2) is 75.6 Å². The second kappa shape index (κ2) is 8.98. The number of likely N-dealkylation sites (tertiary alicyclic amines) is 1. The Morgan fingerprint density at radius 2 is 1.45 bits per heavy atom. The maximum Gasteiger partial charge on any atom is 0.263 e. The lowest BCUT2D eigenvalue weighted by atomic mass is 10.1. The maximum absolute atomic E-state index is 12.9. The molecule has 2 saturated heterocycles. The van der Waals surface area contributed by atoms with Crippen molar-refractivity contribution in [2.75, 3.05) is 31.3 Å². The number of carbonyl (C=O) groups excluding carboxylic acids is 4. The van der Waals surface area contributed by atoms with Crippen molar-refractivity contribution >= 4 is 81.8 Å². The smallest absolute Gasteiger partial charge is 0.263 e. The van der Waals surface area contributed by atoms with Crippen LogP contribution in [0.25, 0.3) is 0 Å². The van der Waals surface area contributed by atoms with Crippen molar-refractivity contribution in [2.24, 2.45) is 0 Å². The number of hydrogen-bond acceptors (Lipinski definition) is 5. The van der Waals surface area contributed by atoms with Gasteiger partial charge in [0.25, 0.3) is 11.8 Å². The van der Waals surface area contributed by atoms with Crippen LogP contribution in [0.15, 0.2) is 0 Å². The molecular formula is C19H17Cl4N3O4S. The van der Waals surface area contributed by atoms with Crippen LogP contribution >= 0.6 is 58.2 Å². The highest BCUT2D eigenvalue weighted by Crippen LogP contribution is 2.44. The predicted molar refractivity (Wildman–Crippen MR) is 120 cm³/mol. The molecule has 2 fully saturated rings. The van der Waals surface area contributed by atoms with Crippen molar-refractivity contribution in [3.63, 3.8) is 0 Å². The van der Waals surface area contributed by atoms with Gasteiger partial charge in [-0.05, 0) is 12.8 Å². The van der Waals surface area contributed by atoms with Crippen molar-refractivity contribution in [1.29, 1.82) is 0 Å². The number of nitrogens with zero attached hydrogens (tertiary/aromatic N) is 3. The first kappa shape index (κ1) is 23.0. The molecule has 0 unspecified atom stereocenters. The van der Waals surface area contributed by atoms with Gasteiger partial charge in [0.1, 0.15) is 6.04 Å². The third-order valence-corrected chi connectivity index (χ3v) is 8.45. The third kappa shape index (κ3) is 3.91. The molecule has 0 bridgehead atoms. The average molecular weight is 525 g/mol. The van der Waals surface area contributed by atoms with E-state index in [1.165, 1.54) is 16.7 Å². The monoisotopic (exact) mass is 523 g/mol. The second-order valence-electron chi connectivity index (χ2n) is 7.43. The molecule has 0 saturated carbocycles. The number of hydrogen-bond donors (Lipinski definition) is 0. The Bertz CT molecular complexity index is 952. The van der Waals surface area contributed by atoms with E-state index < -0.39 is 17.9 Å². The minimum atomic E-state index is -0.682. The van der Waals surface area contributed by atoms with E-state index in [-0.39, 0.29) is 56.0 Å². The van der Waals surface area contributed by atoms with Crippen molar-refractivity contribution < 1.29 is 19.2 Å². The van der Waals surface area contributed by atoms with Gasteiger partial charge < -0.3 is 9.80 Å². The molecule has 3 heterocycles. The van der Waals surface area contributed by atoms with E-state index in [0.29, 0.717) is 24.7 Å². The molecule has 1 aromatic carbocycles. The fourth-order valence-electron chi connectivity index (χ4n) is 3.99. The van der Waals surface area contributed by atoms with E-state index in [1.807, 2.05) is 0 Å². The molecule has 0 aliphatic carbocycles. The number of fused-ring (bicyclic) bond motifs is 1. The molecule has 3 aliphatic heterocycles. The van der Waals surface area contributed by atoms with Gasteiger partial charge in [0.05, 0.1) is 37.1 Å². The Hall–Kier alpha value is -1.19. The van der Waals surface area contributed by atoms with Gasteiger partial charge in [0, 0.05) is 31.8 Å². The summed E-state index contributed by atoms with van der Waals surface area (Å²) < 4.78 is 0. The molecule has 4 rings (SSSR count). The molecule has 0 spiro atoms. The zero-order chi connectivity index (χ0) is 22.4. The molecule has 0 aromatic heterocycles. The van der Waals surface area contributed by atoms with E-state index in [4.69, 9.17) is 46.4 Å². The van der Waals surface area contributed by atoms with Crippen LogP contribution in [0.1, 0.15) is 40.0 Å². The molecule has 166 valence electrons. The lowest BCUT2D eigenvalue weighted by molar-refractivity contribution is -0.142. The van der Waals surface area contributed by atoms with E-state index in [9.17, 15) is 19.2 Å². The number of benzene rings is 1. The molecule has 7 nitrogen and oxygen atoms in total. The fraction of sp³-hybridized carbons (Fsp3) is 0.474. The first-order valence-corrected chi connectivity index (χ1v) is 12.3. The molecule has 1 aromatic rings. The van der Waals surface area contributed by atoms with E-state index in [0.717, 1.165) is 17.7 Å². The minimum Gasteiger partial charge on any atom is -0.341 e. The number of thioether (sulfide) groups is 1. The molecule has 1 atom stereocenters. The van der Waals surface area contributed by atoms with Crippen molar-refractivity contribution in [3.8, 4) is 0 Å². The summed E-state index contributed by atoms with van der Waals surface area (Å²) in [5.74, 6) is -0.769. The summed E-state index contributed by atoms with van der Waals surface area (Å²) in [6.45, 7) is 1.26. The van der Waals surface area contributed by atoms with E-state index in [2.05, 4.69) is 0 Å². The summed E-state index contributed by atoms with van der Waals surface area (Å²) >= 11 is 25.8. The molecule has 12 heteroatoms. The first-order valence-electron chi connectivity index (χ1n) is 9.62. The van der Waals surface area contributed by atoms with Gasteiger partial charge in [-0.25, -0.2) is 0 Å². The summed E-state index contributed by atoms with van der Waals surface area (Å²) in [4.78, 5) is 55.4. The zero-order valence-electron chi connectivity index (χ0n) is 16.1. The number of halogens is 4. The molecule has 0 radical (unpaired) electrons. The van der Waals surface area contributed by atoms with Crippen LogP contribution < -0.4 is 0 Å². The van der Waals surface area contributed by atoms with Crippen LogP contribution in [0.2, 0.25) is 20.1 Å². The van der Waals surface area contributed by atoms with Crippen LogP contribution in [0, 0.1) is 0 Å². The Labute approximate surface area is 202 Å². The fourth-order valence-corrected chi connectivity index (χ4v) is 6.18.